The first-order valence-electron chi connectivity index (χ1n) is 6.62. The van der Waals surface area contributed by atoms with Crippen LogP contribution in [0.5, 0.6) is 0 Å². The molecule has 0 atom stereocenters. The summed E-state index contributed by atoms with van der Waals surface area (Å²) in [6.45, 7) is 2.92. The van der Waals surface area contributed by atoms with Crippen LogP contribution < -0.4 is 16.4 Å². The molecular weight excluding hydrogens is 226 g/mol. The third-order valence-corrected chi connectivity index (χ3v) is 2.73. The number of carbonyl (C=O) groups is 1. The predicted molar refractivity (Wildman–Crippen MR) is 76.6 cm³/mol. The smallest absolute Gasteiger partial charge is 0.319 e. The third-order valence-electron chi connectivity index (χ3n) is 2.73. The highest BCUT2D eigenvalue weighted by Crippen LogP contribution is 2.10. The van der Waals surface area contributed by atoms with Crippen LogP contribution in [0.15, 0.2) is 24.3 Å². The summed E-state index contributed by atoms with van der Waals surface area (Å²) in [6.07, 6.45) is 5.98. The lowest BCUT2D eigenvalue weighted by Gasteiger charge is -2.07. The molecule has 0 radical (unpaired) electrons. The summed E-state index contributed by atoms with van der Waals surface area (Å²) in [5.74, 6) is 0. The highest BCUT2D eigenvalue weighted by atomic mass is 16.2. The molecule has 4 nitrogen and oxygen atoms in total. The molecule has 4 heteroatoms. The molecule has 1 aromatic rings. The molecule has 0 aliphatic carbocycles. The number of nitrogen functional groups attached to an aromatic ring is 1. The van der Waals surface area contributed by atoms with E-state index in [2.05, 4.69) is 17.6 Å². The van der Waals surface area contributed by atoms with Crippen molar-refractivity contribution in [1.29, 1.82) is 0 Å². The molecule has 0 bridgehead atoms. The van der Waals surface area contributed by atoms with Crippen LogP contribution in [0, 0.1) is 0 Å². The van der Waals surface area contributed by atoms with Gasteiger partial charge < -0.3 is 16.4 Å². The molecule has 0 saturated carbocycles. The number of rotatable bonds is 7. The molecule has 1 rings (SSSR count). The van der Waals surface area contributed by atoms with Gasteiger partial charge in [0.25, 0.3) is 0 Å². The Balaban J connectivity index is 2.12. The number of nitrogens with two attached hydrogens (primary N) is 1. The minimum absolute atomic E-state index is 0.157. The first-order valence-corrected chi connectivity index (χ1v) is 6.62. The number of benzene rings is 1. The Morgan fingerprint density at radius 1 is 1.11 bits per heavy atom. The SMILES string of the molecule is CCCCCCCNC(=O)Nc1ccc(N)cc1. The van der Waals surface area contributed by atoms with Crippen LogP contribution >= 0.6 is 0 Å². The van der Waals surface area contributed by atoms with E-state index in [1.165, 1.54) is 25.7 Å². The van der Waals surface area contributed by atoms with Gasteiger partial charge in [0.15, 0.2) is 0 Å². The summed E-state index contributed by atoms with van der Waals surface area (Å²) in [4.78, 5) is 11.5. The van der Waals surface area contributed by atoms with E-state index < -0.39 is 0 Å². The largest absolute Gasteiger partial charge is 0.399 e. The zero-order valence-electron chi connectivity index (χ0n) is 11.0. The Morgan fingerprint density at radius 2 is 1.78 bits per heavy atom. The van der Waals surface area contributed by atoms with Gasteiger partial charge >= 0.3 is 6.03 Å². The average molecular weight is 249 g/mol. The average Bonchev–Trinajstić information content (AvgIpc) is 2.36. The summed E-state index contributed by atoms with van der Waals surface area (Å²) in [6, 6.07) is 6.95. The van der Waals surface area contributed by atoms with Crippen molar-refractivity contribution in [2.75, 3.05) is 17.6 Å². The third kappa shape index (κ3) is 6.13. The summed E-state index contributed by atoms with van der Waals surface area (Å²) < 4.78 is 0. The van der Waals surface area contributed by atoms with E-state index in [0.29, 0.717) is 5.69 Å². The van der Waals surface area contributed by atoms with Crippen molar-refractivity contribution < 1.29 is 4.79 Å². The van der Waals surface area contributed by atoms with Gasteiger partial charge in [-0.2, -0.15) is 0 Å². The monoisotopic (exact) mass is 249 g/mol. The summed E-state index contributed by atoms with van der Waals surface area (Å²) in [7, 11) is 0. The normalized spacial score (nSPS) is 10.1. The van der Waals surface area contributed by atoms with Crippen LogP contribution in [0.4, 0.5) is 16.2 Å². The number of urea groups is 1. The fraction of sp³-hybridized carbons (Fsp3) is 0.500. The number of anilines is 2. The Hall–Kier alpha value is -1.71. The molecular formula is C14H23N3O. The molecule has 100 valence electrons. The predicted octanol–water partition coefficient (Wildman–Crippen LogP) is 3.36. The Bertz CT molecular complexity index is 349. The molecule has 2 amide bonds. The minimum Gasteiger partial charge on any atom is -0.399 e. The zero-order chi connectivity index (χ0) is 13.2. The van der Waals surface area contributed by atoms with Crippen LogP contribution in [0.25, 0.3) is 0 Å². The van der Waals surface area contributed by atoms with Crippen molar-refractivity contribution in [3.8, 4) is 0 Å². The number of carbonyl (C=O) groups excluding carboxylic acids is 1. The highest BCUT2D eigenvalue weighted by Gasteiger charge is 2.00. The van der Waals surface area contributed by atoms with Gasteiger partial charge in [-0.15, -0.1) is 0 Å². The number of hydrogen-bond donors (Lipinski definition) is 3. The fourth-order valence-electron chi connectivity index (χ4n) is 1.67. The maximum absolute atomic E-state index is 11.5. The maximum atomic E-state index is 11.5. The molecule has 0 fully saturated rings. The second kappa shape index (κ2) is 8.39. The van der Waals surface area contributed by atoms with Crippen LogP contribution in [0.2, 0.25) is 0 Å². The van der Waals surface area contributed by atoms with Gasteiger partial charge in [0.2, 0.25) is 0 Å². The van der Waals surface area contributed by atoms with Gasteiger partial charge in [-0.05, 0) is 30.7 Å². The van der Waals surface area contributed by atoms with E-state index in [4.69, 9.17) is 5.73 Å². The van der Waals surface area contributed by atoms with Crippen molar-refractivity contribution in [1.82, 2.24) is 5.32 Å². The van der Waals surface area contributed by atoms with Gasteiger partial charge in [0.05, 0.1) is 0 Å². The molecule has 0 aliphatic rings. The van der Waals surface area contributed by atoms with Crippen LogP contribution in [-0.4, -0.2) is 12.6 Å². The lowest BCUT2D eigenvalue weighted by Crippen LogP contribution is -2.29. The fourth-order valence-corrected chi connectivity index (χ4v) is 1.67. The number of unbranched alkanes of at least 4 members (excludes halogenated alkanes) is 4. The topological polar surface area (TPSA) is 67.2 Å². The van der Waals surface area contributed by atoms with Gasteiger partial charge in [-0.1, -0.05) is 32.6 Å². The number of hydrogen-bond acceptors (Lipinski definition) is 2. The molecule has 0 unspecified atom stereocenters. The van der Waals surface area contributed by atoms with Crippen LogP contribution in [-0.2, 0) is 0 Å². The molecule has 1 aromatic carbocycles. The van der Waals surface area contributed by atoms with E-state index in [9.17, 15) is 4.79 Å². The van der Waals surface area contributed by atoms with Gasteiger partial charge in [0.1, 0.15) is 0 Å². The summed E-state index contributed by atoms with van der Waals surface area (Å²) in [5.41, 5.74) is 7.02. The Kier molecular flexibility index (Phi) is 6.69. The second-order valence-electron chi connectivity index (χ2n) is 4.42. The molecule has 18 heavy (non-hydrogen) atoms. The lowest BCUT2D eigenvalue weighted by molar-refractivity contribution is 0.252. The lowest BCUT2D eigenvalue weighted by atomic mass is 10.1. The zero-order valence-corrected chi connectivity index (χ0v) is 11.0. The van der Waals surface area contributed by atoms with Crippen molar-refractivity contribution in [3.05, 3.63) is 24.3 Å². The first-order chi connectivity index (χ1) is 8.72. The van der Waals surface area contributed by atoms with E-state index in [1.54, 1.807) is 24.3 Å². The van der Waals surface area contributed by atoms with Crippen LogP contribution in [0.1, 0.15) is 39.0 Å². The quantitative estimate of drug-likeness (QED) is 0.512. The number of amides is 2. The molecule has 0 aliphatic heterocycles. The van der Waals surface area contributed by atoms with Gasteiger partial charge in [0, 0.05) is 17.9 Å². The minimum atomic E-state index is -0.157. The van der Waals surface area contributed by atoms with Crippen LogP contribution in [0.3, 0.4) is 0 Å². The van der Waals surface area contributed by atoms with Crippen molar-refractivity contribution in [3.63, 3.8) is 0 Å². The molecule has 0 aromatic heterocycles. The molecule has 0 spiro atoms. The van der Waals surface area contributed by atoms with Crippen molar-refractivity contribution >= 4 is 17.4 Å². The van der Waals surface area contributed by atoms with Gasteiger partial charge in [-0.25, -0.2) is 4.79 Å². The number of nitrogens with one attached hydrogen (secondary N) is 2. The Labute approximate surface area is 109 Å². The van der Waals surface area contributed by atoms with Crippen molar-refractivity contribution in [2.24, 2.45) is 0 Å². The molecule has 4 N–H and O–H groups in total. The summed E-state index contributed by atoms with van der Waals surface area (Å²) >= 11 is 0. The highest BCUT2D eigenvalue weighted by molar-refractivity contribution is 5.89. The standard InChI is InChI=1S/C14H23N3O/c1-2-3-4-5-6-11-16-14(18)17-13-9-7-12(15)8-10-13/h7-10H,2-6,11,15H2,1H3,(H2,16,17,18). The second-order valence-corrected chi connectivity index (χ2v) is 4.42. The first kappa shape index (κ1) is 14.4. The van der Waals surface area contributed by atoms with E-state index in [0.717, 1.165) is 18.7 Å². The Morgan fingerprint density at radius 3 is 2.44 bits per heavy atom. The van der Waals surface area contributed by atoms with Gasteiger partial charge in [-0.3, -0.25) is 0 Å². The maximum Gasteiger partial charge on any atom is 0.319 e. The van der Waals surface area contributed by atoms with Crippen molar-refractivity contribution in [2.45, 2.75) is 39.0 Å². The molecule has 0 saturated heterocycles. The van der Waals surface area contributed by atoms with E-state index in [-0.39, 0.29) is 6.03 Å². The van der Waals surface area contributed by atoms with E-state index in [1.807, 2.05) is 0 Å². The molecule has 0 heterocycles. The summed E-state index contributed by atoms with van der Waals surface area (Å²) in [5, 5.41) is 5.61. The van der Waals surface area contributed by atoms with E-state index >= 15 is 0 Å².